The first-order valence-corrected chi connectivity index (χ1v) is 7.27. The molecule has 0 aliphatic carbocycles. The average molecular weight is 333 g/mol. The summed E-state index contributed by atoms with van der Waals surface area (Å²) < 4.78 is 44.2. The van der Waals surface area contributed by atoms with E-state index >= 15 is 0 Å². The number of benzene rings is 1. The van der Waals surface area contributed by atoms with Crippen LogP contribution in [-0.4, -0.2) is 49.2 Å². The molecule has 0 radical (unpaired) electrons. The Morgan fingerprint density at radius 2 is 2.00 bits per heavy atom. The van der Waals surface area contributed by atoms with E-state index in [1.54, 1.807) is 0 Å². The molecule has 23 heavy (non-hydrogen) atoms. The van der Waals surface area contributed by atoms with Crippen molar-refractivity contribution >= 4 is 11.4 Å². The van der Waals surface area contributed by atoms with E-state index in [0.29, 0.717) is 32.2 Å². The number of morpholine rings is 1. The summed E-state index contributed by atoms with van der Waals surface area (Å²) in [5.74, 6) is 0. The monoisotopic (exact) mass is 333 g/mol. The second-order valence-electron chi connectivity index (χ2n) is 5.22. The lowest BCUT2D eigenvalue weighted by molar-refractivity contribution is -0.385. The van der Waals surface area contributed by atoms with Gasteiger partial charge in [0.2, 0.25) is 0 Å². The lowest BCUT2D eigenvalue weighted by atomic mass is 10.1. The molecule has 1 aliphatic rings. The third-order valence-corrected chi connectivity index (χ3v) is 3.59. The summed E-state index contributed by atoms with van der Waals surface area (Å²) in [6.07, 6.45) is -3.97. The van der Waals surface area contributed by atoms with E-state index in [0.717, 1.165) is 31.8 Å². The van der Waals surface area contributed by atoms with E-state index in [9.17, 15) is 23.3 Å². The molecule has 1 aliphatic heterocycles. The second kappa shape index (κ2) is 7.60. The van der Waals surface area contributed by atoms with Crippen LogP contribution in [0.3, 0.4) is 0 Å². The fourth-order valence-corrected chi connectivity index (χ4v) is 2.38. The third kappa shape index (κ3) is 5.07. The number of hydrogen-bond donors (Lipinski definition) is 1. The number of ether oxygens (including phenoxy) is 1. The first kappa shape index (κ1) is 17.5. The Bertz CT molecular complexity index is 546. The molecule has 0 saturated carbocycles. The van der Waals surface area contributed by atoms with Crippen LogP contribution in [0.2, 0.25) is 0 Å². The summed E-state index contributed by atoms with van der Waals surface area (Å²) in [5, 5.41) is 13.4. The Hall–Kier alpha value is -1.87. The van der Waals surface area contributed by atoms with Crippen LogP contribution in [0, 0.1) is 10.1 Å². The molecule has 1 heterocycles. The Kier molecular flexibility index (Phi) is 5.78. The molecule has 0 atom stereocenters. The Balaban J connectivity index is 1.94. The maximum Gasteiger partial charge on any atom is 0.418 e. The summed E-state index contributed by atoms with van der Waals surface area (Å²) in [6, 6.07) is 2.74. The molecule has 6 nitrogen and oxygen atoms in total. The van der Waals surface area contributed by atoms with Crippen molar-refractivity contribution < 1.29 is 22.8 Å². The van der Waals surface area contributed by atoms with Gasteiger partial charge in [0.1, 0.15) is 0 Å². The van der Waals surface area contributed by atoms with Crippen molar-refractivity contribution in [3.8, 4) is 0 Å². The van der Waals surface area contributed by atoms with Crippen LogP contribution in [0.5, 0.6) is 0 Å². The number of halogens is 3. The molecule has 9 heteroatoms. The van der Waals surface area contributed by atoms with Gasteiger partial charge in [0, 0.05) is 37.5 Å². The summed E-state index contributed by atoms with van der Waals surface area (Å²) >= 11 is 0. The van der Waals surface area contributed by atoms with Gasteiger partial charge in [0.05, 0.1) is 23.7 Å². The third-order valence-electron chi connectivity index (χ3n) is 3.59. The SMILES string of the molecule is O=[N+]([O-])c1ccc(NCCCN2CCOCC2)c(C(F)(F)F)c1. The van der Waals surface area contributed by atoms with Gasteiger partial charge in [-0.3, -0.25) is 15.0 Å². The predicted octanol–water partition coefficient (Wildman–Crippen LogP) is 2.75. The molecule has 1 aromatic rings. The van der Waals surface area contributed by atoms with Crippen molar-refractivity contribution in [2.75, 3.05) is 44.7 Å². The number of rotatable bonds is 6. The zero-order valence-corrected chi connectivity index (χ0v) is 12.4. The number of alkyl halides is 3. The topological polar surface area (TPSA) is 67.6 Å². The summed E-state index contributed by atoms with van der Waals surface area (Å²) in [6.45, 7) is 4.13. The van der Waals surface area contributed by atoms with Crippen LogP contribution in [0.1, 0.15) is 12.0 Å². The molecule has 0 aromatic heterocycles. The molecule has 1 saturated heterocycles. The van der Waals surface area contributed by atoms with Crippen LogP contribution in [0.25, 0.3) is 0 Å². The fraction of sp³-hybridized carbons (Fsp3) is 0.571. The quantitative estimate of drug-likeness (QED) is 0.492. The minimum absolute atomic E-state index is 0.134. The lowest BCUT2D eigenvalue weighted by Gasteiger charge is -2.26. The van der Waals surface area contributed by atoms with E-state index in [1.165, 1.54) is 0 Å². The van der Waals surface area contributed by atoms with Crippen LogP contribution in [0.4, 0.5) is 24.5 Å². The highest BCUT2D eigenvalue weighted by Gasteiger charge is 2.35. The molecule has 1 N–H and O–H groups in total. The minimum atomic E-state index is -4.64. The minimum Gasteiger partial charge on any atom is -0.384 e. The number of nitrogens with zero attached hydrogens (tertiary/aromatic N) is 2. The Labute approximate surface area is 131 Å². The van der Waals surface area contributed by atoms with Gasteiger partial charge < -0.3 is 10.1 Å². The van der Waals surface area contributed by atoms with Gasteiger partial charge in [-0.25, -0.2) is 0 Å². The number of anilines is 1. The van der Waals surface area contributed by atoms with E-state index < -0.39 is 22.4 Å². The normalized spacial score (nSPS) is 16.3. The molecule has 1 fully saturated rings. The van der Waals surface area contributed by atoms with Crippen LogP contribution >= 0.6 is 0 Å². The molecule has 0 amide bonds. The molecule has 1 aromatic carbocycles. The summed E-state index contributed by atoms with van der Waals surface area (Å²) in [5.41, 5.74) is -1.72. The van der Waals surface area contributed by atoms with Crippen molar-refractivity contribution in [1.29, 1.82) is 0 Å². The van der Waals surface area contributed by atoms with Crippen LogP contribution in [0.15, 0.2) is 18.2 Å². The van der Waals surface area contributed by atoms with Crippen molar-refractivity contribution in [2.24, 2.45) is 0 Å². The highest BCUT2D eigenvalue weighted by atomic mass is 19.4. The van der Waals surface area contributed by atoms with Gasteiger partial charge in [-0.1, -0.05) is 0 Å². The smallest absolute Gasteiger partial charge is 0.384 e. The van der Waals surface area contributed by atoms with E-state index in [1.807, 2.05) is 0 Å². The van der Waals surface area contributed by atoms with Gasteiger partial charge >= 0.3 is 6.18 Å². The number of non-ortho nitro benzene ring substituents is 1. The van der Waals surface area contributed by atoms with Gasteiger partial charge in [0.15, 0.2) is 0 Å². The molecular weight excluding hydrogens is 315 g/mol. The Morgan fingerprint density at radius 1 is 1.30 bits per heavy atom. The molecule has 0 bridgehead atoms. The molecule has 0 spiro atoms. The standard InChI is InChI=1S/C14H18F3N3O3/c15-14(16,17)12-10-11(20(21)22)2-3-13(12)18-4-1-5-19-6-8-23-9-7-19/h2-3,10,18H,1,4-9H2. The first-order chi connectivity index (χ1) is 10.9. The zero-order valence-electron chi connectivity index (χ0n) is 12.4. The number of hydrogen-bond acceptors (Lipinski definition) is 5. The first-order valence-electron chi connectivity index (χ1n) is 7.27. The summed E-state index contributed by atoms with van der Waals surface area (Å²) in [4.78, 5) is 12.0. The molecule has 128 valence electrons. The van der Waals surface area contributed by atoms with Crippen LogP contribution < -0.4 is 5.32 Å². The number of nitrogens with one attached hydrogen (secondary N) is 1. The second-order valence-corrected chi connectivity index (χ2v) is 5.22. The molecule has 0 unspecified atom stereocenters. The van der Waals surface area contributed by atoms with Gasteiger partial charge in [-0.05, 0) is 19.0 Å². The van der Waals surface area contributed by atoms with Crippen molar-refractivity contribution in [3.05, 3.63) is 33.9 Å². The predicted molar refractivity (Wildman–Crippen MR) is 78.5 cm³/mol. The van der Waals surface area contributed by atoms with Gasteiger partial charge in [-0.15, -0.1) is 0 Å². The van der Waals surface area contributed by atoms with E-state index in [-0.39, 0.29) is 5.69 Å². The van der Waals surface area contributed by atoms with Gasteiger partial charge in [-0.2, -0.15) is 13.2 Å². The average Bonchev–Trinajstić information content (AvgIpc) is 2.51. The Morgan fingerprint density at radius 3 is 2.61 bits per heavy atom. The maximum atomic E-state index is 13.0. The van der Waals surface area contributed by atoms with Gasteiger partial charge in [0.25, 0.3) is 5.69 Å². The van der Waals surface area contributed by atoms with E-state index in [2.05, 4.69) is 10.2 Å². The maximum absolute atomic E-state index is 13.0. The highest BCUT2D eigenvalue weighted by molar-refractivity contribution is 5.57. The van der Waals surface area contributed by atoms with Crippen LogP contribution in [-0.2, 0) is 10.9 Å². The number of nitro groups is 1. The van der Waals surface area contributed by atoms with E-state index in [4.69, 9.17) is 4.74 Å². The van der Waals surface area contributed by atoms with Crippen molar-refractivity contribution in [3.63, 3.8) is 0 Å². The fourth-order valence-electron chi connectivity index (χ4n) is 2.38. The lowest BCUT2D eigenvalue weighted by Crippen LogP contribution is -2.37. The van der Waals surface area contributed by atoms with Crippen molar-refractivity contribution in [1.82, 2.24) is 4.90 Å². The molecule has 2 rings (SSSR count). The zero-order chi connectivity index (χ0) is 16.9. The largest absolute Gasteiger partial charge is 0.418 e. The van der Waals surface area contributed by atoms with Crippen molar-refractivity contribution in [2.45, 2.75) is 12.6 Å². The molecular formula is C14H18F3N3O3. The highest BCUT2D eigenvalue weighted by Crippen LogP contribution is 2.37. The summed E-state index contributed by atoms with van der Waals surface area (Å²) in [7, 11) is 0. The number of nitro benzene ring substituents is 1.